The van der Waals surface area contributed by atoms with E-state index < -0.39 is 5.97 Å². The molecule has 0 radical (unpaired) electrons. The summed E-state index contributed by atoms with van der Waals surface area (Å²) in [4.78, 5) is 24.0. The first-order chi connectivity index (χ1) is 10.1. The Morgan fingerprint density at radius 3 is 2.71 bits per heavy atom. The average molecular weight is 317 g/mol. The summed E-state index contributed by atoms with van der Waals surface area (Å²) < 4.78 is 2.17. The number of thiophene rings is 2. The number of hydrogen-bond donors (Lipinski definition) is 2. The summed E-state index contributed by atoms with van der Waals surface area (Å²) in [6, 6.07) is 8.69. The van der Waals surface area contributed by atoms with Crippen LogP contribution in [0.15, 0.2) is 35.7 Å². The minimum absolute atomic E-state index is 0.194. The summed E-state index contributed by atoms with van der Waals surface area (Å²) in [6.45, 7) is 1.69. The summed E-state index contributed by atoms with van der Waals surface area (Å²) in [5.74, 6) is -1.21. The molecule has 0 fully saturated rings. The van der Waals surface area contributed by atoms with Gasteiger partial charge in [-0.3, -0.25) is 4.79 Å². The van der Waals surface area contributed by atoms with Crippen molar-refractivity contribution in [3.8, 4) is 0 Å². The van der Waals surface area contributed by atoms with Crippen molar-refractivity contribution < 1.29 is 14.7 Å². The summed E-state index contributed by atoms with van der Waals surface area (Å²) >= 11 is 3.02. The van der Waals surface area contributed by atoms with Crippen molar-refractivity contribution in [3.63, 3.8) is 0 Å². The van der Waals surface area contributed by atoms with Crippen LogP contribution in [0.2, 0.25) is 0 Å². The Bertz CT molecular complexity index is 819. The largest absolute Gasteiger partial charge is 0.478 e. The van der Waals surface area contributed by atoms with Gasteiger partial charge in [-0.1, -0.05) is 6.07 Å². The quantitative estimate of drug-likeness (QED) is 0.760. The average Bonchev–Trinajstić information content (AvgIpc) is 3.01. The lowest BCUT2D eigenvalue weighted by atomic mass is 10.1. The number of carbonyl (C=O) groups excluding carboxylic acids is 1. The van der Waals surface area contributed by atoms with Crippen LogP contribution in [0, 0.1) is 6.92 Å². The molecule has 3 aromatic rings. The predicted molar refractivity (Wildman–Crippen MR) is 85.8 cm³/mol. The molecule has 21 heavy (non-hydrogen) atoms. The Balaban J connectivity index is 1.89. The summed E-state index contributed by atoms with van der Waals surface area (Å²) in [5.41, 5.74) is 1.27. The van der Waals surface area contributed by atoms with Crippen molar-refractivity contribution in [2.24, 2.45) is 0 Å². The number of carboxylic acids is 1. The van der Waals surface area contributed by atoms with Crippen LogP contribution in [0.1, 0.15) is 25.6 Å². The second kappa shape index (κ2) is 5.31. The lowest BCUT2D eigenvalue weighted by Crippen LogP contribution is -2.12. The van der Waals surface area contributed by atoms with Gasteiger partial charge in [-0.05, 0) is 42.1 Å². The van der Waals surface area contributed by atoms with Crippen LogP contribution >= 0.6 is 22.7 Å². The third-order valence-corrected chi connectivity index (χ3v) is 5.27. The second-order valence-corrected chi connectivity index (χ2v) is 6.53. The molecule has 4 nitrogen and oxygen atoms in total. The zero-order valence-electron chi connectivity index (χ0n) is 11.0. The molecule has 0 spiro atoms. The van der Waals surface area contributed by atoms with Crippen LogP contribution in [0.3, 0.4) is 0 Å². The number of fused-ring (bicyclic) bond motifs is 1. The molecule has 106 valence electrons. The number of carbonyl (C=O) groups is 2. The number of rotatable bonds is 3. The molecule has 2 heterocycles. The van der Waals surface area contributed by atoms with E-state index in [1.165, 1.54) is 17.4 Å². The smallest absolute Gasteiger partial charge is 0.336 e. The Labute approximate surface area is 128 Å². The summed E-state index contributed by atoms with van der Waals surface area (Å²) in [5, 5.41) is 13.9. The SMILES string of the molecule is Cc1c(NC(=O)c2cc3sccc3s2)cccc1C(=O)O. The van der Waals surface area contributed by atoms with Crippen LogP contribution in [0.4, 0.5) is 5.69 Å². The third kappa shape index (κ3) is 2.55. The van der Waals surface area contributed by atoms with Crippen molar-refractivity contribution in [2.75, 3.05) is 5.32 Å². The molecule has 0 atom stereocenters. The molecule has 0 aliphatic carbocycles. The van der Waals surface area contributed by atoms with Gasteiger partial charge in [-0.15, -0.1) is 22.7 Å². The molecule has 3 rings (SSSR count). The van der Waals surface area contributed by atoms with Gasteiger partial charge in [0, 0.05) is 15.1 Å². The van der Waals surface area contributed by atoms with Crippen LogP contribution in [0.25, 0.3) is 9.40 Å². The van der Waals surface area contributed by atoms with E-state index in [0.717, 1.165) is 9.40 Å². The van der Waals surface area contributed by atoms with Gasteiger partial charge in [0.05, 0.1) is 10.4 Å². The van der Waals surface area contributed by atoms with Crippen molar-refractivity contribution in [1.82, 2.24) is 0 Å². The van der Waals surface area contributed by atoms with E-state index in [1.807, 2.05) is 17.5 Å². The molecule has 1 amide bonds. The molecule has 2 aromatic heterocycles. The van der Waals surface area contributed by atoms with Gasteiger partial charge in [-0.25, -0.2) is 4.79 Å². The van der Waals surface area contributed by atoms with Gasteiger partial charge in [0.15, 0.2) is 0 Å². The first-order valence-corrected chi connectivity index (χ1v) is 7.87. The lowest BCUT2D eigenvalue weighted by molar-refractivity contribution is 0.0695. The summed E-state index contributed by atoms with van der Waals surface area (Å²) in [6.07, 6.45) is 0. The molecule has 0 aliphatic rings. The van der Waals surface area contributed by atoms with E-state index in [4.69, 9.17) is 5.11 Å². The van der Waals surface area contributed by atoms with Gasteiger partial charge < -0.3 is 10.4 Å². The predicted octanol–water partition coefficient (Wildman–Crippen LogP) is 4.22. The maximum absolute atomic E-state index is 12.3. The third-order valence-electron chi connectivity index (χ3n) is 3.18. The molecule has 0 aliphatic heterocycles. The fraction of sp³-hybridized carbons (Fsp3) is 0.0667. The van der Waals surface area contributed by atoms with Crippen LogP contribution in [-0.2, 0) is 0 Å². The molecule has 6 heteroatoms. The first kappa shape index (κ1) is 13.8. The Morgan fingerprint density at radius 2 is 2.00 bits per heavy atom. The van der Waals surface area contributed by atoms with Gasteiger partial charge in [0.2, 0.25) is 0 Å². The van der Waals surface area contributed by atoms with E-state index >= 15 is 0 Å². The fourth-order valence-electron chi connectivity index (χ4n) is 2.06. The minimum atomic E-state index is -1.000. The number of amides is 1. The normalized spacial score (nSPS) is 10.7. The van der Waals surface area contributed by atoms with Crippen molar-refractivity contribution >= 4 is 49.6 Å². The van der Waals surface area contributed by atoms with Gasteiger partial charge in [0.1, 0.15) is 0 Å². The number of anilines is 1. The maximum Gasteiger partial charge on any atom is 0.336 e. The molecular weight excluding hydrogens is 306 g/mol. The second-order valence-electron chi connectivity index (χ2n) is 4.50. The van der Waals surface area contributed by atoms with Crippen LogP contribution < -0.4 is 5.32 Å². The van der Waals surface area contributed by atoms with E-state index in [2.05, 4.69) is 5.32 Å². The van der Waals surface area contributed by atoms with Gasteiger partial charge in [-0.2, -0.15) is 0 Å². The molecular formula is C15H11NO3S2. The van der Waals surface area contributed by atoms with Crippen molar-refractivity contribution in [1.29, 1.82) is 0 Å². The molecule has 0 unspecified atom stereocenters. The Hall–Kier alpha value is -2.18. The van der Waals surface area contributed by atoms with E-state index in [1.54, 1.807) is 30.4 Å². The van der Waals surface area contributed by atoms with E-state index in [0.29, 0.717) is 16.1 Å². The number of nitrogens with one attached hydrogen (secondary N) is 1. The lowest BCUT2D eigenvalue weighted by Gasteiger charge is -2.09. The standard InChI is InChI=1S/C15H11NO3S2/c1-8-9(15(18)19)3-2-4-10(8)16-14(17)13-7-12-11(21-13)5-6-20-12/h2-7H,1H3,(H,16,17)(H,18,19). The van der Waals surface area contributed by atoms with Gasteiger partial charge >= 0.3 is 5.97 Å². The number of carboxylic acid groups (broad SMARTS) is 1. The zero-order valence-corrected chi connectivity index (χ0v) is 12.7. The first-order valence-electron chi connectivity index (χ1n) is 6.17. The summed E-state index contributed by atoms with van der Waals surface area (Å²) in [7, 11) is 0. The highest BCUT2D eigenvalue weighted by atomic mass is 32.1. The Kier molecular flexibility index (Phi) is 3.48. The molecule has 0 saturated heterocycles. The van der Waals surface area contributed by atoms with E-state index in [9.17, 15) is 9.59 Å². The monoisotopic (exact) mass is 317 g/mol. The van der Waals surface area contributed by atoms with Crippen LogP contribution in [-0.4, -0.2) is 17.0 Å². The zero-order chi connectivity index (χ0) is 15.0. The highest BCUT2D eigenvalue weighted by Gasteiger charge is 2.15. The van der Waals surface area contributed by atoms with E-state index in [-0.39, 0.29) is 11.5 Å². The molecule has 1 aromatic carbocycles. The van der Waals surface area contributed by atoms with Crippen molar-refractivity contribution in [3.05, 3.63) is 51.7 Å². The number of hydrogen-bond acceptors (Lipinski definition) is 4. The Morgan fingerprint density at radius 1 is 1.19 bits per heavy atom. The fourth-order valence-corrected chi connectivity index (χ4v) is 4.07. The number of aromatic carboxylic acids is 1. The highest BCUT2D eigenvalue weighted by Crippen LogP contribution is 2.30. The topological polar surface area (TPSA) is 66.4 Å². The molecule has 0 bridgehead atoms. The highest BCUT2D eigenvalue weighted by molar-refractivity contribution is 7.27. The molecule has 0 saturated carbocycles. The van der Waals surface area contributed by atoms with Crippen LogP contribution in [0.5, 0.6) is 0 Å². The molecule has 2 N–H and O–H groups in total. The number of benzene rings is 1. The minimum Gasteiger partial charge on any atom is -0.478 e. The van der Waals surface area contributed by atoms with Crippen molar-refractivity contribution in [2.45, 2.75) is 6.92 Å². The maximum atomic E-state index is 12.3. The van der Waals surface area contributed by atoms with Gasteiger partial charge in [0.25, 0.3) is 5.91 Å².